The van der Waals surface area contributed by atoms with E-state index in [9.17, 15) is 0 Å². The van der Waals surface area contributed by atoms with E-state index in [0.717, 1.165) is 4.22 Å². The molecular formula is C13H17Ti. The van der Waals surface area contributed by atoms with Gasteiger partial charge in [0.1, 0.15) is 0 Å². The fraction of sp³-hybridized carbons (Fsp3) is 0.692. The van der Waals surface area contributed by atoms with Crippen molar-refractivity contribution in [3.05, 3.63) is 22.3 Å². The maximum absolute atomic E-state index is 2.44. The van der Waals surface area contributed by atoms with E-state index in [1.807, 2.05) is 22.3 Å². The molecule has 3 aliphatic rings. The van der Waals surface area contributed by atoms with Crippen LogP contribution in [0.2, 0.25) is 4.22 Å². The van der Waals surface area contributed by atoms with Crippen LogP contribution in [0.3, 0.4) is 0 Å². The predicted octanol–water partition coefficient (Wildman–Crippen LogP) is 4.08. The summed E-state index contributed by atoms with van der Waals surface area (Å²) in [5, 5.41) is 0. The van der Waals surface area contributed by atoms with E-state index in [-0.39, 0.29) is 0 Å². The summed E-state index contributed by atoms with van der Waals surface area (Å²) in [6.45, 7) is 0. The first-order chi connectivity index (χ1) is 6.86. The molecule has 3 rings (SSSR count). The van der Waals surface area contributed by atoms with Crippen molar-refractivity contribution >= 4 is 0 Å². The van der Waals surface area contributed by atoms with Gasteiger partial charge in [0.2, 0.25) is 0 Å². The van der Waals surface area contributed by atoms with Crippen LogP contribution in [0, 0.1) is 0 Å². The van der Waals surface area contributed by atoms with Gasteiger partial charge in [-0.3, -0.25) is 0 Å². The van der Waals surface area contributed by atoms with Crippen LogP contribution < -0.4 is 0 Å². The molecule has 0 heterocycles. The second-order valence-corrected chi connectivity index (χ2v) is 6.00. The molecule has 0 aromatic rings. The van der Waals surface area contributed by atoms with E-state index in [2.05, 4.69) is 20.4 Å². The molecular weight excluding hydrogens is 204 g/mol. The summed E-state index contributed by atoms with van der Waals surface area (Å²) >= 11 is 2.44. The second-order valence-electron chi connectivity index (χ2n) is 4.91. The van der Waals surface area contributed by atoms with Gasteiger partial charge in [-0.2, -0.15) is 0 Å². The molecule has 73 valence electrons. The first-order valence-electron chi connectivity index (χ1n) is 6.00. The maximum atomic E-state index is 2.44. The Labute approximate surface area is 98.2 Å². The average Bonchev–Trinajstić information content (AvgIpc) is 2.59. The van der Waals surface area contributed by atoms with Gasteiger partial charge in [0.15, 0.2) is 0 Å². The van der Waals surface area contributed by atoms with E-state index in [4.69, 9.17) is 0 Å². The molecule has 0 amide bonds. The van der Waals surface area contributed by atoms with Crippen LogP contribution >= 0.6 is 0 Å². The Kier molecular flexibility index (Phi) is 2.45. The summed E-state index contributed by atoms with van der Waals surface area (Å²) in [4.78, 5) is 0. The van der Waals surface area contributed by atoms with Gasteiger partial charge in [0, 0.05) is 0 Å². The quantitative estimate of drug-likeness (QED) is 0.541. The van der Waals surface area contributed by atoms with Gasteiger partial charge in [0.25, 0.3) is 0 Å². The molecule has 1 atom stereocenters. The van der Waals surface area contributed by atoms with Crippen LogP contribution in [0.4, 0.5) is 0 Å². The molecule has 0 aliphatic heterocycles. The van der Waals surface area contributed by atoms with Crippen molar-refractivity contribution < 1.29 is 20.4 Å². The molecule has 0 bridgehead atoms. The van der Waals surface area contributed by atoms with Gasteiger partial charge in [-0.05, 0) is 0 Å². The van der Waals surface area contributed by atoms with E-state index < -0.39 is 0 Å². The summed E-state index contributed by atoms with van der Waals surface area (Å²) in [7, 11) is 0. The van der Waals surface area contributed by atoms with Crippen molar-refractivity contribution in [2.24, 2.45) is 0 Å². The van der Waals surface area contributed by atoms with E-state index in [1.54, 1.807) is 0 Å². The number of hydrogen-bond donors (Lipinski definition) is 0. The molecule has 1 unspecified atom stereocenters. The molecule has 0 saturated carbocycles. The van der Waals surface area contributed by atoms with Crippen molar-refractivity contribution in [2.45, 2.75) is 55.6 Å². The minimum atomic E-state index is 0.893. The van der Waals surface area contributed by atoms with Crippen molar-refractivity contribution in [1.82, 2.24) is 0 Å². The molecule has 1 heteroatoms. The van der Waals surface area contributed by atoms with E-state index in [0.29, 0.717) is 0 Å². The van der Waals surface area contributed by atoms with Crippen LogP contribution in [0.1, 0.15) is 51.4 Å². The van der Waals surface area contributed by atoms with E-state index in [1.165, 1.54) is 51.4 Å². The van der Waals surface area contributed by atoms with Gasteiger partial charge in [-0.25, -0.2) is 0 Å². The molecule has 0 nitrogen and oxygen atoms in total. The first kappa shape index (κ1) is 9.42. The zero-order chi connectivity index (χ0) is 9.54. The number of allylic oxidation sites excluding steroid dienone is 4. The Bertz CT molecular complexity index is 322. The normalized spacial score (nSPS) is 31.8. The fourth-order valence-corrected chi connectivity index (χ4v) is 4.11. The Morgan fingerprint density at radius 3 is 2.64 bits per heavy atom. The predicted molar refractivity (Wildman–Crippen MR) is 54.7 cm³/mol. The van der Waals surface area contributed by atoms with Gasteiger partial charge < -0.3 is 0 Å². The topological polar surface area (TPSA) is 0 Å². The monoisotopic (exact) mass is 221 g/mol. The fourth-order valence-electron chi connectivity index (χ4n) is 3.36. The van der Waals surface area contributed by atoms with Crippen LogP contribution in [0.5, 0.6) is 0 Å². The van der Waals surface area contributed by atoms with Crippen molar-refractivity contribution in [1.29, 1.82) is 0 Å². The number of hydrogen-bond acceptors (Lipinski definition) is 0. The summed E-state index contributed by atoms with van der Waals surface area (Å²) in [5.74, 6) is 0. The molecule has 0 spiro atoms. The van der Waals surface area contributed by atoms with Crippen LogP contribution in [-0.2, 0) is 20.4 Å². The zero-order valence-electron chi connectivity index (χ0n) is 8.73. The molecule has 14 heavy (non-hydrogen) atoms. The molecule has 0 fully saturated rings. The molecule has 0 saturated heterocycles. The molecule has 0 N–H and O–H groups in total. The Morgan fingerprint density at radius 2 is 1.71 bits per heavy atom. The first-order valence-corrected chi connectivity index (χ1v) is 6.90. The van der Waals surface area contributed by atoms with Crippen LogP contribution in [0.25, 0.3) is 0 Å². The second kappa shape index (κ2) is 3.65. The summed E-state index contributed by atoms with van der Waals surface area (Å²) in [6.07, 6.45) is 11.4. The van der Waals surface area contributed by atoms with Crippen LogP contribution in [-0.4, -0.2) is 0 Å². The number of fused-ring (bicyclic) bond motifs is 1. The molecule has 0 aromatic heterocycles. The van der Waals surface area contributed by atoms with Crippen LogP contribution in [0.15, 0.2) is 22.3 Å². The van der Waals surface area contributed by atoms with Gasteiger partial charge in [-0.1, -0.05) is 0 Å². The van der Waals surface area contributed by atoms with E-state index >= 15 is 0 Å². The summed E-state index contributed by atoms with van der Waals surface area (Å²) in [6, 6.07) is 0. The summed E-state index contributed by atoms with van der Waals surface area (Å²) in [5.41, 5.74) is 7.30. The third kappa shape index (κ3) is 1.39. The Morgan fingerprint density at radius 1 is 0.929 bits per heavy atom. The molecule has 0 aromatic carbocycles. The van der Waals surface area contributed by atoms with Gasteiger partial charge >= 0.3 is 98.3 Å². The SMILES string of the molecule is [Ti][CH]1CCCC2=C1CC1=C2CCCC1. The van der Waals surface area contributed by atoms with Crippen molar-refractivity contribution in [2.75, 3.05) is 0 Å². The average molecular weight is 221 g/mol. The van der Waals surface area contributed by atoms with Gasteiger partial charge in [-0.15, -0.1) is 0 Å². The van der Waals surface area contributed by atoms with Crippen molar-refractivity contribution in [3.8, 4) is 0 Å². The third-order valence-electron chi connectivity index (χ3n) is 4.08. The Hall–Kier alpha value is 0.194. The summed E-state index contributed by atoms with van der Waals surface area (Å²) < 4.78 is 0.893. The standard InChI is InChI=1S/C13H17.Ti/c1-3-7-12-10(5-1)9-11-6-2-4-8-13(11)12;/h5H,1-4,6-9H2;. The van der Waals surface area contributed by atoms with Gasteiger partial charge in [0.05, 0.1) is 0 Å². The number of rotatable bonds is 0. The van der Waals surface area contributed by atoms with Crippen molar-refractivity contribution in [3.63, 3.8) is 0 Å². The third-order valence-corrected chi connectivity index (χ3v) is 5.07. The molecule has 0 radical (unpaired) electrons. The molecule has 3 aliphatic carbocycles. The minimum absolute atomic E-state index is 0.893. The Balaban J connectivity index is 1.96. The zero-order valence-corrected chi connectivity index (χ0v) is 10.3.